The average molecular weight is 777 g/mol. The van der Waals surface area contributed by atoms with Crippen molar-refractivity contribution in [3.8, 4) is 39.5 Å². The number of benzene rings is 4. The number of fused-ring (bicyclic) bond motifs is 2. The third-order valence-electron chi connectivity index (χ3n) is 8.39. The molecule has 6 aromatic rings. The zero-order valence-electron chi connectivity index (χ0n) is 27.6. The molecule has 0 aliphatic heterocycles. The standard InChI is InChI=1S/C40H41N2O2.Pt/c1-38(2,3)26-20-24(30-22-27(39(4,5)6)23-31-32(40(7,8)9)17-18-41-35(30)31)19-25(21-26)37-42-36-29(14-12-16-34(36)44-37)28-13-10-11-15-33(28)43;/h10-18,20-23,43H,1-9H3;/q-1;. The third-order valence-corrected chi connectivity index (χ3v) is 8.39. The van der Waals surface area contributed by atoms with E-state index in [9.17, 15) is 5.11 Å². The van der Waals surface area contributed by atoms with Gasteiger partial charge in [-0.15, -0.1) is 29.3 Å². The zero-order chi connectivity index (χ0) is 31.6. The number of phenols is 1. The van der Waals surface area contributed by atoms with Gasteiger partial charge in [-0.05, 0) is 51.0 Å². The van der Waals surface area contributed by atoms with Crippen molar-refractivity contribution in [1.29, 1.82) is 0 Å². The van der Waals surface area contributed by atoms with Crippen molar-refractivity contribution in [1.82, 2.24) is 9.97 Å². The molecule has 45 heavy (non-hydrogen) atoms. The van der Waals surface area contributed by atoms with Crippen LogP contribution in [0.5, 0.6) is 5.75 Å². The number of para-hydroxylation sites is 2. The maximum atomic E-state index is 10.6. The van der Waals surface area contributed by atoms with Gasteiger partial charge in [-0.1, -0.05) is 116 Å². The van der Waals surface area contributed by atoms with Crippen molar-refractivity contribution in [2.75, 3.05) is 0 Å². The average Bonchev–Trinajstić information content (AvgIpc) is 3.40. The second-order valence-corrected chi connectivity index (χ2v) is 14.9. The van der Waals surface area contributed by atoms with Gasteiger partial charge in [-0.3, -0.25) is 4.98 Å². The van der Waals surface area contributed by atoms with E-state index < -0.39 is 0 Å². The van der Waals surface area contributed by atoms with E-state index >= 15 is 0 Å². The van der Waals surface area contributed by atoms with Crippen molar-refractivity contribution in [3.63, 3.8) is 0 Å². The molecule has 0 saturated heterocycles. The van der Waals surface area contributed by atoms with Crippen LogP contribution in [-0.4, -0.2) is 15.1 Å². The first-order valence-corrected chi connectivity index (χ1v) is 15.3. The van der Waals surface area contributed by atoms with Crippen LogP contribution in [0.3, 0.4) is 0 Å². The van der Waals surface area contributed by atoms with Crippen molar-refractivity contribution in [2.45, 2.75) is 78.6 Å². The molecule has 0 saturated carbocycles. The quantitative estimate of drug-likeness (QED) is 0.182. The summed E-state index contributed by atoms with van der Waals surface area (Å²) in [5.41, 5.74) is 10.1. The summed E-state index contributed by atoms with van der Waals surface area (Å²) in [6.45, 7) is 20.2. The predicted octanol–water partition coefficient (Wildman–Crippen LogP) is 10.8. The summed E-state index contributed by atoms with van der Waals surface area (Å²) in [6.07, 6.45) is 1.93. The SMILES string of the molecule is CC(C)(C)c1cc(-c2nc3c(-c4ccccc4O)cccc3o2)[c-]c(-c2cc(C(C)(C)C)cc3c(C(C)(C)C)ccnc23)c1.[Pt]. The van der Waals surface area contributed by atoms with Crippen LogP contribution < -0.4 is 0 Å². The fourth-order valence-corrected chi connectivity index (χ4v) is 5.79. The van der Waals surface area contributed by atoms with Crippen LogP contribution in [0.25, 0.3) is 55.7 Å². The summed E-state index contributed by atoms with van der Waals surface area (Å²) in [5.74, 6) is 0.704. The maximum Gasteiger partial charge on any atom is 0.159 e. The van der Waals surface area contributed by atoms with Gasteiger partial charge in [-0.25, -0.2) is 4.98 Å². The van der Waals surface area contributed by atoms with E-state index in [1.54, 1.807) is 6.07 Å². The van der Waals surface area contributed by atoms with E-state index in [4.69, 9.17) is 14.4 Å². The number of pyridine rings is 1. The molecule has 4 nitrogen and oxygen atoms in total. The number of nitrogens with zero attached hydrogens (tertiary/aromatic N) is 2. The summed E-state index contributed by atoms with van der Waals surface area (Å²) in [6, 6.07) is 28.0. The van der Waals surface area contributed by atoms with Crippen molar-refractivity contribution < 1.29 is 30.6 Å². The van der Waals surface area contributed by atoms with Crippen molar-refractivity contribution in [3.05, 3.63) is 102 Å². The summed E-state index contributed by atoms with van der Waals surface area (Å²) >= 11 is 0. The molecule has 2 heterocycles. The molecule has 2 aromatic heterocycles. The van der Waals surface area contributed by atoms with E-state index in [0.717, 1.165) is 38.9 Å². The van der Waals surface area contributed by atoms with E-state index in [2.05, 4.69) is 98.7 Å². The van der Waals surface area contributed by atoms with Crippen molar-refractivity contribution >= 4 is 22.0 Å². The van der Waals surface area contributed by atoms with Crippen LogP contribution in [0.2, 0.25) is 0 Å². The molecule has 0 amide bonds. The smallest absolute Gasteiger partial charge is 0.159 e. The number of oxazole rings is 1. The number of rotatable bonds is 3. The largest absolute Gasteiger partial charge is 0.507 e. The minimum atomic E-state index is -0.132. The van der Waals surface area contributed by atoms with Crippen LogP contribution >= 0.6 is 0 Å². The Morgan fingerprint density at radius 1 is 0.644 bits per heavy atom. The van der Waals surface area contributed by atoms with Crippen LogP contribution in [0.4, 0.5) is 0 Å². The Balaban J connectivity index is 0.00000400. The van der Waals surface area contributed by atoms with E-state index in [1.165, 1.54) is 16.5 Å². The van der Waals surface area contributed by atoms with Gasteiger partial charge in [0.05, 0.1) is 0 Å². The molecule has 0 aliphatic carbocycles. The van der Waals surface area contributed by atoms with E-state index in [-0.39, 0.29) is 43.1 Å². The van der Waals surface area contributed by atoms with Crippen LogP contribution in [-0.2, 0) is 37.3 Å². The van der Waals surface area contributed by atoms with E-state index in [0.29, 0.717) is 17.0 Å². The third kappa shape index (κ3) is 6.23. The summed E-state index contributed by atoms with van der Waals surface area (Å²) in [4.78, 5) is 9.95. The molecule has 5 heteroatoms. The van der Waals surface area contributed by atoms with Crippen molar-refractivity contribution in [2.24, 2.45) is 0 Å². The second kappa shape index (κ2) is 11.6. The minimum Gasteiger partial charge on any atom is -0.507 e. The number of phenolic OH excluding ortho intramolecular Hbond substituents is 1. The molecule has 4 aromatic carbocycles. The van der Waals surface area contributed by atoms with Gasteiger partial charge in [0.25, 0.3) is 0 Å². The minimum absolute atomic E-state index is 0. The Kier molecular flexibility index (Phi) is 8.38. The molecule has 234 valence electrons. The number of hydrogen-bond acceptors (Lipinski definition) is 4. The molecule has 1 N–H and O–H groups in total. The van der Waals surface area contributed by atoms with Gasteiger partial charge in [0, 0.05) is 43.9 Å². The molecule has 0 fully saturated rings. The first-order chi connectivity index (χ1) is 20.6. The van der Waals surface area contributed by atoms with Gasteiger partial charge in [0.2, 0.25) is 0 Å². The van der Waals surface area contributed by atoms with Gasteiger partial charge < -0.3 is 9.52 Å². The molecule has 0 aliphatic rings. The first kappa shape index (κ1) is 32.6. The van der Waals surface area contributed by atoms with Gasteiger partial charge >= 0.3 is 0 Å². The van der Waals surface area contributed by atoms with Gasteiger partial charge in [0.15, 0.2) is 5.89 Å². The Hall–Kier alpha value is -3.75. The molecular weight excluding hydrogens is 736 g/mol. The molecular formula is C40H41N2O2Pt-. The summed E-state index contributed by atoms with van der Waals surface area (Å²) in [7, 11) is 0. The molecule has 0 unspecified atom stereocenters. The fourth-order valence-electron chi connectivity index (χ4n) is 5.79. The van der Waals surface area contributed by atoms with Crippen LogP contribution in [0, 0.1) is 6.07 Å². The fraction of sp³-hybridized carbons (Fsp3) is 0.300. The molecule has 6 rings (SSSR count). The summed E-state index contributed by atoms with van der Waals surface area (Å²) in [5, 5.41) is 11.8. The molecule has 0 radical (unpaired) electrons. The molecule has 0 atom stereocenters. The topological polar surface area (TPSA) is 59.2 Å². The monoisotopic (exact) mass is 776 g/mol. The zero-order valence-corrected chi connectivity index (χ0v) is 29.8. The molecule has 0 spiro atoms. The van der Waals surface area contributed by atoms with E-state index in [1.807, 2.05) is 42.6 Å². The van der Waals surface area contributed by atoms with Gasteiger partial charge in [-0.2, -0.15) is 0 Å². The predicted molar refractivity (Wildman–Crippen MR) is 182 cm³/mol. The van der Waals surface area contributed by atoms with Gasteiger partial charge in [0.1, 0.15) is 16.8 Å². The second-order valence-electron chi connectivity index (χ2n) is 14.9. The Morgan fingerprint density at radius 2 is 1.29 bits per heavy atom. The molecule has 0 bridgehead atoms. The Bertz CT molecular complexity index is 2040. The Labute approximate surface area is 281 Å². The first-order valence-electron chi connectivity index (χ1n) is 15.3. The number of hydrogen-bond donors (Lipinski definition) is 1. The van der Waals surface area contributed by atoms with Crippen LogP contribution in [0.1, 0.15) is 79.0 Å². The maximum absolute atomic E-state index is 10.6. The normalized spacial score (nSPS) is 12.5. The summed E-state index contributed by atoms with van der Waals surface area (Å²) < 4.78 is 6.40. The Morgan fingerprint density at radius 3 is 1.96 bits per heavy atom. The number of aromatic nitrogens is 2. The van der Waals surface area contributed by atoms with Crippen LogP contribution in [0.15, 0.2) is 83.4 Å². The number of aromatic hydroxyl groups is 1.